The van der Waals surface area contributed by atoms with E-state index in [-0.39, 0.29) is 42.5 Å². The standard InChI is InChI=1S/C20H26BNO9/c1-4-28-20(26)30-13(3)29-19(25)15-9-6-8-14-11-16(21(27)31-18(14)15)22-17(24)10-5-7-12(2)23/h6,8-9,13,16,27H,4-5,7,10-11H2,1-3H3,(H,22,24). The van der Waals surface area contributed by atoms with Crippen molar-refractivity contribution in [2.24, 2.45) is 0 Å². The van der Waals surface area contributed by atoms with E-state index in [0.717, 1.165) is 0 Å². The number of nitrogens with one attached hydrogen (secondary N) is 1. The van der Waals surface area contributed by atoms with Gasteiger partial charge in [0.25, 0.3) is 0 Å². The van der Waals surface area contributed by atoms with E-state index >= 15 is 0 Å². The molecule has 0 saturated heterocycles. The lowest BCUT2D eigenvalue weighted by atomic mass is 9.72. The smallest absolute Gasteiger partial charge is 0.534 e. The molecule has 1 aromatic carbocycles. The van der Waals surface area contributed by atoms with Crippen molar-refractivity contribution in [1.29, 1.82) is 0 Å². The van der Waals surface area contributed by atoms with Crippen molar-refractivity contribution in [3.63, 3.8) is 0 Å². The Bertz CT molecular complexity index is 829. The highest BCUT2D eigenvalue weighted by Crippen LogP contribution is 2.31. The van der Waals surface area contributed by atoms with Gasteiger partial charge in [0.2, 0.25) is 12.2 Å². The Balaban J connectivity index is 2.01. The third-order valence-corrected chi connectivity index (χ3v) is 4.42. The quantitative estimate of drug-likeness (QED) is 0.336. The van der Waals surface area contributed by atoms with Gasteiger partial charge in [0.15, 0.2) is 0 Å². The fraction of sp³-hybridized carbons (Fsp3) is 0.500. The van der Waals surface area contributed by atoms with E-state index in [1.165, 1.54) is 19.9 Å². The first-order valence-electron chi connectivity index (χ1n) is 10.0. The molecular formula is C20H26BNO9. The van der Waals surface area contributed by atoms with Gasteiger partial charge in [-0.2, -0.15) is 0 Å². The van der Waals surface area contributed by atoms with Crippen LogP contribution in [-0.4, -0.2) is 54.8 Å². The molecule has 2 unspecified atom stereocenters. The number of ether oxygens (including phenoxy) is 3. The van der Waals surface area contributed by atoms with E-state index in [1.54, 1.807) is 19.1 Å². The average molecular weight is 435 g/mol. The molecule has 2 atom stereocenters. The van der Waals surface area contributed by atoms with Crippen LogP contribution in [0.2, 0.25) is 0 Å². The molecule has 1 aliphatic rings. The van der Waals surface area contributed by atoms with Crippen LogP contribution in [0.15, 0.2) is 18.2 Å². The van der Waals surface area contributed by atoms with Crippen LogP contribution in [0.3, 0.4) is 0 Å². The van der Waals surface area contributed by atoms with Crippen LogP contribution in [0, 0.1) is 0 Å². The third-order valence-electron chi connectivity index (χ3n) is 4.42. The van der Waals surface area contributed by atoms with Crippen molar-refractivity contribution in [2.45, 2.75) is 58.7 Å². The highest BCUT2D eigenvalue weighted by Gasteiger charge is 2.38. The maximum atomic E-state index is 12.5. The lowest BCUT2D eigenvalue weighted by Gasteiger charge is -2.29. The Morgan fingerprint density at radius 3 is 2.68 bits per heavy atom. The van der Waals surface area contributed by atoms with E-state index in [4.69, 9.17) is 14.1 Å². The SMILES string of the molecule is CCOC(=O)OC(C)OC(=O)c1cccc2c1OB(O)C(NC(=O)CCCC(C)=O)C2. The molecule has 1 aromatic rings. The molecule has 0 fully saturated rings. The van der Waals surface area contributed by atoms with E-state index in [0.29, 0.717) is 18.4 Å². The zero-order valence-corrected chi connectivity index (χ0v) is 17.7. The van der Waals surface area contributed by atoms with Crippen molar-refractivity contribution in [3.05, 3.63) is 29.3 Å². The molecule has 31 heavy (non-hydrogen) atoms. The van der Waals surface area contributed by atoms with Crippen molar-refractivity contribution in [3.8, 4) is 5.75 Å². The van der Waals surface area contributed by atoms with Crippen LogP contribution in [0.1, 0.15) is 56.0 Å². The summed E-state index contributed by atoms with van der Waals surface area (Å²) in [6, 6.07) is 4.76. The summed E-state index contributed by atoms with van der Waals surface area (Å²) in [5, 5.41) is 13.0. The number of esters is 1. The summed E-state index contributed by atoms with van der Waals surface area (Å²) >= 11 is 0. The first kappa shape index (κ1) is 24.2. The summed E-state index contributed by atoms with van der Waals surface area (Å²) in [7, 11) is -1.38. The van der Waals surface area contributed by atoms with Crippen LogP contribution < -0.4 is 9.97 Å². The minimum atomic E-state index is -1.38. The molecule has 10 nitrogen and oxygen atoms in total. The minimum Gasteiger partial charge on any atom is -0.534 e. The number of hydrogen-bond donors (Lipinski definition) is 2. The van der Waals surface area contributed by atoms with Crippen molar-refractivity contribution < 1.29 is 43.1 Å². The highest BCUT2D eigenvalue weighted by molar-refractivity contribution is 6.47. The van der Waals surface area contributed by atoms with E-state index in [9.17, 15) is 24.2 Å². The van der Waals surface area contributed by atoms with Gasteiger partial charge in [-0.05, 0) is 38.3 Å². The predicted octanol–water partition coefficient (Wildman–Crippen LogP) is 1.56. The molecule has 168 valence electrons. The maximum Gasteiger partial charge on any atom is 0.547 e. The Labute approximate surface area is 180 Å². The van der Waals surface area contributed by atoms with E-state index in [1.807, 2.05) is 0 Å². The number of amides is 1. The number of benzene rings is 1. The summed E-state index contributed by atoms with van der Waals surface area (Å²) < 4.78 is 20.0. The monoisotopic (exact) mass is 435 g/mol. The van der Waals surface area contributed by atoms with Crippen molar-refractivity contribution in [2.75, 3.05) is 6.61 Å². The molecule has 1 amide bonds. The number of fused-ring (bicyclic) bond motifs is 1. The van der Waals surface area contributed by atoms with Gasteiger partial charge in [-0.15, -0.1) is 0 Å². The molecular weight excluding hydrogens is 409 g/mol. The van der Waals surface area contributed by atoms with Crippen LogP contribution in [-0.2, 0) is 30.2 Å². The Kier molecular flexibility index (Phi) is 8.86. The second-order valence-electron chi connectivity index (χ2n) is 7.01. The lowest BCUT2D eigenvalue weighted by molar-refractivity contribution is -0.121. The van der Waals surface area contributed by atoms with E-state index < -0.39 is 31.5 Å². The normalized spacial score (nSPS) is 15.7. The van der Waals surface area contributed by atoms with Crippen LogP contribution in [0.5, 0.6) is 5.75 Å². The maximum absolute atomic E-state index is 12.5. The number of carbonyl (C=O) groups excluding carboxylic acids is 4. The first-order valence-corrected chi connectivity index (χ1v) is 10.0. The number of rotatable bonds is 9. The summed E-state index contributed by atoms with van der Waals surface area (Å²) in [5.41, 5.74) is 0.634. The second kappa shape index (κ2) is 11.4. The summed E-state index contributed by atoms with van der Waals surface area (Å²) in [4.78, 5) is 46.9. The number of ketones is 1. The molecule has 0 spiro atoms. The minimum absolute atomic E-state index is 0.00384. The van der Waals surface area contributed by atoms with Gasteiger partial charge in [0, 0.05) is 19.8 Å². The highest BCUT2D eigenvalue weighted by atomic mass is 16.8. The first-order chi connectivity index (χ1) is 14.7. The van der Waals surface area contributed by atoms with E-state index in [2.05, 4.69) is 10.1 Å². The molecule has 2 N–H and O–H groups in total. The van der Waals surface area contributed by atoms with Crippen LogP contribution >= 0.6 is 0 Å². The molecule has 2 rings (SSSR count). The Morgan fingerprint density at radius 1 is 1.26 bits per heavy atom. The average Bonchev–Trinajstić information content (AvgIpc) is 2.67. The van der Waals surface area contributed by atoms with Gasteiger partial charge in [-0.1, -0.05) is 12.1 Å². The van der Waals surface area contributed by atoms with Gasteiger partial charge >= 0.3 is 19.2 Å². The van der Waals surface area contributed by atoms with Crippen molar-refractivity contribution >= 4 is 30.9 Å². The number of carbonyl (C=O) groups is 4. The van der Waals surface area contributed by atoms with Gasteiger partial charge in [-0.25, -0.2) is 9.59 Å². The third kappa shape index (κ3) is 7.28. The number of hydrogen-bond acceptors (Lipinski definition) is 9. The molecule has 0 saturated carbocycles. The second-order valence-corrected chi connectivity index (χ2v) is 7.01. The fourth-order valence-corrected chi connectivity index (χ4v) is 3.01. The summed E-state index contributed by atoms with van der Waals surface area (Å²) in [6.45, 7) is 4.54. The summed E-state index contributed by atoms with van der Waals surface area (Å²) in [5.74, 6) is -1.70. The van der Waals surface area contributed by atoms with Gasteiger partial charge < -0.3 is 34.0 Å². The van der Waals surface area contributed by atoms with Crippen LogP contribution in [0.4, 0.5) is 4.79 Å². The molecule has 1 aliphatic heterocycles. The fourth-order valence-electron chi connectivity index (χ4n) is 3.01. The lowest BCUT2D eigenvalue weighted by Crippen LogP contribution is -2.53. The van der Waals surface area contributed by atoms with Gasteiger partial charge in [-0.3, -0.25) is 4.79 Å². The molecule has 1 heterocycles. The van der Waals surface area contributed by atoms with Crippen molar-refractivity contribution in [1.82, 2.24) is 5.32 Å². The topological polar surface area (TPSA) is 137 Å². The zero-order valence-electron chi connectivity index (χ0n) is 17.7. The largest absolute Gasteiger partial charge is 0.547 e. The molecule has 0 aliphatic carbocycles. The number of para-hydroxylation sites is 1. The zero-order chi connectivity index (χ0) is 23.0. The molecule has 0 bridgehead atoms. The van der Waals surface area contributed by atoms with Gasteiger partial charge in [0.1, 0.15) is 17.1 Å². The Morgan fingerprint density at radius 2 is 2.00 bits per heavy atom. The molecule has 0 aromatic heterocycles. The summed E-state index contributed by atoms with van der Waals surface area (Å²) in [6.07, 6.45) is -1.05. The van der Waals surface area contributed by atoms with Gasteiger partial charge in [0.05, 0.1) is 12.5 Å². The van der Waals surface area contributed by atoms with Crippen LogP contribution in [0.25, 0.3) is 0 Å². The Hall–Kier alpha value is -3.08. The predicted molar refractivity (Wildman–Crippen MR) is 108 cm³/mol. The molecule has 0 radical (unpaired) electrons. The molecule has 11 heteroatoms. The number of Topliss-reactive ketones (excluding diaryl/α,β-unsaturated/α-hetero) is 1.